The number of fused-ring (bicyclic) bond motifs is 2. The molecule has 0 radical (unpaired) electrons. The molecule has 0 fully saturated rings. The van der Waals surface area contributed by atoms with Gasteiger partial charge in [0, 0.05) is 30.6 Å². The molecule has 2 N–H and O–H groups in total. The van der Waals surface area contributed by atoms with Gasteiger partial charge in [0.1, 0.15) is 11.5 Å². The number of rotatable bonds is 8. The number of benzene rings is 4. The van der Waals surface area contributed by atoms with Gasteiger partial charge in [-0.15, -0.1) is 34.0 Å². The van der Waals surface area contributed by atoms with E-state index in [9.17, 15) is 10.2 Å². The molecular weight excluding hydrogens is 565 g/mol. The molecule has 6 heteroatoms. The van der Waals surface area contributed by atoms with Gasteiger partial charge < -0.3 is 14.9 Å². The summed E-state index contributed by atoms with van der Waals surface area (Å²) in [5.41, 5.74) is 3.69. The van der Waals surface area contributed by atoms with Crippen molar-refractivity contribution in [2.24, 2.45) is 0 Å². The molecule has 3 nitrogen and oxygen atoms in total. The molecule has 0 aliphatic rings. The van der Waals surface area contributed by atoms with Crippen LogP contribution in [0.2, 0.25) is 0 Å². The first-order valence-electron chi connectivity index (χ1n) is 13.4. The van der Waals surface area contributed by atoms with Gasteiger partial charge in [-0.3, -0.25) is 0 Å². The van der Waals surface area contributed by atoms with E-state index in [2.05, 4.69) is 47.2 Å². The van der Waals surface area contributed by atoms with Crippen molar-refractivity contribution in [2.75, 3.05) is 6.61 Å². The average Bonchev–Trinajstić information content (AvgIpc) is 3.78. The zero-order chi connectivity index (χ0) is 27.8. The summed E-state index contributed by atoms with van der Waals surface area (Å²) in [5.74, 6) is 0.295. The third-order valence-electron chi connectivity index (χ3n) is 7.32. The van der Waals surface area contributed by atoms with Crippen molar-refractivity contribution < 1.29 is 14.9 Å². The second kappa shape index (κ2) is 11.1. The lowest BCUT2D eigenvalue weighted by atomic mass is 9.92. The summed E-state index contributed by atoms with van der Waals surface area (Å²) in [5, 5.41) is 29.8. The number of phenols is 2. The minimum absolute atomic E-state index is 0.146. The number of aromatic hydroxyl groups is 2. The van der Waals surface area contributed by atoms with Crippen LogP contribution in [-0.4, -0.2) is 16.8 Å². The minimum Gasteiger partial charge on any atom is -0.507 e. The van der Waals surface area contributed by atoms with Crippen LogP contribution in [0.3, 0.4) is 0 Å². The van der Waals surface area contributed by atoms with Gasteiger partial charge in [-0.1, -0.05) is 60.7 Å². The number of hydrogen-bond donors (Lipinski definition) is 2. The van der Waals surface area contributed by atoms with Gasteiger partial charge in [-0.25, -0.2) is 0 Å². The lowest BCUT2D eigenvalue weighted by Gasteiger charge is -2.15. The van der Waals surface area contributed by atoms with Gasteiger partial charge in [0.15, 0.2) is 0 Å². The van der Waals surface area contributed by atoms with Crippen LogP contribution in [0.15, 0.2) is 108 Å². The third kappa shape index (κ3) is 5.04. The van der Waals surface area contributed by atoms with Crippen molar-refractivity contribution in [2.45, 2.75) is 13.0 Å². The van der Waals surface area contributed by atoms with E-state index in [4.69, 9.17) is 4.74 Å². The van der Waals surface area contributed by atoms with Gasteiger partial charge in [0.2, 0.25) is 0 Å². The summed E-state index contributed by atoms with van der Waals surface area (Å²) in [7, 11) is 0. The topological polar surface area (TPSA) is 49.7 Å². The normalized spacial score (nSPS) is 11.5. The monoisotopic (exact) mass is 590 g/mol. The van der Waals surface area contributed by atoms with Crippen molar-refractivity contribution >= 4 is 55.6 Å². The van der Waals surface area contributed by atoms with Gasteiger partial charge in [0.25, 0.3) is 0 Å². The van der Waals surface area contributed by atoms with Crippen molar-refractivity contribution in [3.63, 3.8) is 0 Å². The van der Waals surface area contributed by atoms with Crippen LogP contribution in [0, 0.1) is 0 Å². The summed E-state index contributed by atoms with van der Waals surface area (Å²) in [4.78, 5) is 5.25. The van der Waals surface area contributed by atoms with Crippen LogP contribution < -0.4 is 0 Å². The summed E-state index contributed by atoms with van der Waals surface area (Å²) in [6.07, 6.45) is 0.848. The lowest BCUT2D eigenvalue weighted by Crippen LogP contribution is -1.99. The van der Waals surface area contributed by atoms with Crippen molar-refractivity contribution in [3.05, 3.63) is 119 Å². The number of ether oxygens (including phenoxy) is 1. The van der Waals surface area contributed by atoms with E-state index < -0.39 is 0 Å². The summed E-state index contributed by atoms with van der Waals surface area (Å²) >= 11 is 5.42. The molecule has 41 heavy (non-hydrogen) atoms. The Morgan fingerprint density at radius 2 is 1.32 bits per heavy atom. The molecule has 0 unspecified atom stereocenters. The maximum absolute atomic E-state index is 10.9. The van der Waals surface area contributed by atoms with Gasteiger partial charge in [-0.05, 0) is 86.3 Å². The standard InChI is InChI=1S/C35H26O3S3/c36-28-13-10-23-5-1-2-6-26(23)33(28)34-27-12-9-22(19-24(27)11-14-29(34)37)21-38-16-15-25-20-32(30-7-3-17-39-30)41-35(25)31-8-4-18-40-31/h1-14,17-20,36-37H,15-16,21H2. The van der Waals surface area contributed by atoms with E-state index in [1.807, 2.05) is 59.9 Å². The quantitative estimate of drug-likeness (QED) is 0.173. The first-order chi connectivity index (χ1) is 20.2. The highest BCUT2D eigenvalue weighted by Gasteiger charge is 2.17. The highest BCUT2D eigenvalue weighted by Crippen LogP contribution is 2.45. The fourth-order valence-electron chi connectivity index (χ4n) is 5.39. The van der Waals surface area contributed by atoms with E-state index in [-0.39, 0.29) is 11.5 Å². The van der Waals surface area contributed by atoms with Crippen molar-refractivity contribution in [1.82, 2.24) is 0 Å². The molecule has 0 bridgehead atoms. The van der Waals surface area contributed by atoms with Gasteiger partial charge >= 0.3 is 0 Å². The number of thiophene rings is 3. The average molecular weight is 591 g/mol. The van der Waals surface area contributed by atoms with Crippen LogP contribution in [-0.2, 0) is 17.8 Å². The molecule has 3 aromatic heterocycles. The molecule has 0 aliphatic carbocycles. The Morgan fingerprint density at radius 3 is 2.07 bits per heavy atom. The van der Waals surface area contributed by atoms with E-state index >= 15 is 0 Å². The van der Waals surface area contributed by atoms with E-state index in [0.717, 1.165) is 33.5 Å². The molecule has 0 spiro atoms. The van der Waals surface area contributed by atoms with Crippen LogP contribution in [0.25, 0.3) is 52.2 Å². The third-order valence-corrected chi connectivity index (χ3v) is 10.6. The Bertz CT molecular complexity index is 1970. The van der Waals surface area contributed by atoms with Crippen molar-refractivity contribution in [1.29, 1.82) is 0 Å². The fourth-order valence-corrected chi connectivity index (χ4v) is 8.31. The zero-order valence-corrected chi connectivity index (χ0v) is 24.5. The van der Waals surface area contributed by atoms with Crippen LogP contribution in [0.5, 0.6) is 11.5 Å². The van der Waals surface area contributed by atoms with E-state index in [1.54, 1.807) is 34.8 Å². The molecule has 0 aliphatic heterocycles. The molecule has 0 amide bonds. The van der Waals surface area contributed by atoms with Gasteiger partial charge in [-0.2, -0.15) is 0 Å². The van der Waals surface area contributed by atoms with Crippen LogP contribution in [0.4, 0.5) is 0 Å². The fraction of sp³-hybridized carbons (Fsp3) is 0.0857. The second-order valence-electron chi connectivity index (χ2n) is 9.92. The first-order valence-corrected chi connectivity index (χ1v) is 16.0. The Labute approximate surface area is 250 Å². The molecule has 0 saturated heterocycles. The molecular formula is C35H26O3S3. The Hall–Kier alpha value is -3.94. The number of phenolic OH excluding ortho intramolecular Hbond substituents is 2. The predicted octanol–water partition coefficient (Wildman–Crippen LogP) is 10.3. The van der Waals surface area contributed by atoms with Gasteiger partial charge in [0.05, 0.1) is 13.2 Å². The molecule has 4 aromatic carbocycles. The zero-order valence-electron chi connectivity index (χ0n) is 22.0. The van der Waals surface area contributed by atoms with E-state index in [0.29, 0.717) is 24.3 Å². The molecule has 7 aromatic rings. The summed E-state index contributed by atoms with van der Waals surface area (Å²) in [6, 6.07) is 32.2. The SMILES string of the molecule is Oc1ccc2ccccc2c1-c1c(O)ccc2cc(COCCc3cc(-c4cccs4)sc3-c3cccs3)ccc12. The lowest BCUT2D eigenvalue weighted by molar-refractivity contribution is 0.124. The Kier molecular flexibility index (Phi) is 7.07. The largest absolute Gasteiger partial charge is 0.507 e. The highest BCUT2D eigenvalue weighted by atomic mass is 32.1. The molecule has 3 heterocycles. The van der Waals surface area contributed by atoms with Crippen LogP contribution in [0.1, 0.15) is 11.1 Å². The molecule has 202 valence electrons. The predicted molar refractivity (Wildman–Crippen MR) is 175 cm³/mol. The van der Waals surface area contributed by atoms with E-state index in [1.165, 1.54) is 25.1 Å². The highest BCUT2D eigenvalue weighted by molar-refractivity contribution is 7.26. The minimum atomic E-state index is 0.146. The molecule has 7 rings (SSSR count). The summed E-state index contributed by atoms with van der Waals surface area (Å²) < 4.78 is 6.18. The van der Waals surface area contributed by atoms with Crippen LogP contribution >= 0.6 is 34.0 Å². The maximum Gasteiger partial charge on any atom is 0.124 e. The Balaban J connectivity index is 1.12. The summed E-state index contributed by atoms with van der Waals surface area (Å²) in [6.45, 7) is 1.13. The smallest absolute Gasteiger partial charge is 0.124 e. The molecule has 0 atom stereocenters. The first kappa shape index (κ1) is 26.0. The van der Waals surface area contributed by atoms with Crippen molar-refractivity contribution in [3.8, 4) is 42.1 Å². The molecule has 0 saturated carbocycles. The second-order valence-corrected chi connectivity index (χ2v) is 12.9. The number of hydrogen-bond acceptors (Lipinski definition) is 6. The Morgan fingerprint density at radius 1 is 0.610 bits per heavy atom. The maximum atomic E-state index is 10.9.